The summed E-state index contributed by atoms with van der Waals surface area (Å²) >= 11 is 0. The SMILES string of the molecule is CNC(=O)c1cccc(-c2ccc([C@@H](O)[C@H]3O[C@@H](CO)[C@@H](O)[C@H](O)[C@H]3O)c(C)c2)c1. The summed E-state index contributed by atoms with van der Waals surface area (Å²) in [6, 6.07) is 12.4. The van der Waals surface area contributed by atoms with Crippen molar-refractivity contribution in [1.29, 1.82) is 0 Å². The second-order valence-electron chi connectivity index (χ2n) is 7.47. The van der Waals surface area contributed by atoms with Gasteiger partial charge in [-0.15, -0.1) is 0 Å². The minimum Gasteiger partial charge on any atom is -0.394 e. The highest BCUT2D eigenvalue weighted by molar-refractivity contribution is 5.95. The van der Waals surface area contributed by atoms with Gasteiger partial charge in [0.2, 0.25) is 0 Å². The Morgan fingerprint density at radius 2 is 1.77 bits per heavy atom. The largest absolute Gasteiger partial charge is 0.394 e. The summed E-state index contributed by atoms with van der Waals surface area (Å²) in [5.74, 6) is -0.191. The molecule has 0 spiro atoms. The Bertz CT molecular complexity index is 901. The lowest BCUT2D eigenvalue weighted by atomic mass is 9.87. The Kier molecular flexibility index (Phi) is 6.87. The Morgan fingerprint density at radius 1 is 1.07 bits per heavy atom. The van der Waals surface area contributed by atoms with Gasteiger partial charge in [-0.3, -0.25) is 4.79 Å². The van der Waals surface area contributed by atoms with Gasteiger partial charge in [0, 0.05) is 12.6 Å². The van der Waals surface area contributed by atoms with Crippen molar-refractivity contribution in [3.63, 3.8) is 0 Å². The van der Waals surface area contributed by atoms with Crippen LogP contribution in [0.25, 0.3) is 11.1 Å². The van der Waals surface area contributed by atoms with Crippen LogP contribution < -0.4 is 5.32 Å². The Morgan fingerprint density at radius 3 is 2.40 bits per heavy atom. The minimum atomic E-state index is -1.55. The fraction of sp³-hybridized carbons (Fsp3) is 0.409. The number of carbonyl (C=O) groups excluding carboxylic acids is 1. The van der Waals surface area contributed by atoms with Crippen LogP contribution in [0, 0.1) is 6.92 Å². The van der Waals surface area contributed by atoms with Crippen molar-refractivity contribution in [3.05, 3.63) is 59.2 Å². The third kappa shape index (κ3) is 4.24. The molecule has 8 nitrogen and oxygen atoms in total. The minimum absolute atomic E-state index is 0.191. The average molecular weight is 417 g/mol. The predicted molar refractivity (Wildman–Crippen MR) is 109 cm³/mol. The lowest BCUT2D eigenvalue weighted by Gasteiger charge is -2.42. The molecule has 6 N–H and O–H groups in total. The molecule has 0 aliphatic carbocycles. The number of aliphatic hydroxyl groups is 5. The van der Waals surface area contributed by atoms with E-state index >= 15 is 0 Å². The fourth-order valence-corrected chi connectivity index (χ4v) is 3.74. The highest BCUT2D eigenvalue weighted by Crippen LogP contribution is 2.33. The van der Waals surface area contributed by atoms with Gasteiger partial charge >= 0.3 is 0 Å². The third-order valence-electron chi connectivity index (χ3n) is 5.51. The molecule has 8 heteroatoms. The van der Waals surface area contributed by atoms with Gasteiger partial charge in [-0.05, 0) is 41.3 Å². The molecule has 2 aromatic carbocycles. The van der Waals surface area contributed by atoms with E-state index in [1.54, 1.807) is 44.3 Å². The van der Waals surface area contributed by atoms with Gasteiger partial charge in [-0.1, -0.05) is 30.3 Å². The van der Waals surface area contributed by atoms with Crippen molar-refractivity contribution in [1.82, 2.24) is 5.32 Å². The topological polar surface area (TPSA) is 139 Å². The van der Waals surface area contributed by atoms with E-state index in [4.69, 9.17) is 4.74 Å². The molecule has 1 heterocycles. The summed E-state index contributed by atoms with van der Waals surface area (Å²) in [6.07, 6.45) is -8.16. The van der Waals surface area contributed by atoms with Crippen molar-refractivity contribution in [2.24, 2.45) is 0 Å². The molecule has 1 saturated heterocycles. The molecule has 1 amide bonds. The number of aliphatic hydroxyl groups excluding tert-OH is 5. The van der Waals surface area contributed by atoms with Crippen LogP contribution in [0.4, 0.5) is 0 Å². The number of amides is 1. The first kappa shape index (κ1) is 22.4. The van der Waals surface area contributed by atoms with Crippen LogP contribution >= 0.6 is 0 Å². The number of hydrogen-bond donors (Lipinski definition) is 6. The van der Waals surface area contributed by atoms with Crippen molar-refractivity contribution in [2.75, 3.05) is 13.7 Å². The molecule has 30 heavy (non-hydrogen) atoms. The summed E-state index contributed by atoms with van der Waals surface area (Å²) in [7, 11) is 1.56. The molecule has 0 saturated carbocycles. The monoisotopic (exact) mass is 417 g/mol. The van der Waals surface area contributed by atoms with E-state index in [1.807, 2.05) is 12.1 Å². The standard InChI is InChI=1S/C22H27NO7/c1-11-8-13(12-4-3-5-14(9-12)22(29)23-2)6-7-15(11)17(25)21-20(28)19(27)18(26)16(10-24)30-21/h3-9,16-21,24-28H,10H2,1-2H3,(H,23,29)/t16-,17+,18+,19-,20+,21+/m0/s1. The maximum atomic E-state index is 11.9. The van der Waals surface area contributed by atoms with E-state index in [-0.39, 0.29) is 5.91 Å². The first-order chi connectivity index (χ1) is 14.3. The van der Waals surface area contributed by atoms with Crippen molar-refractivity contribution >= 4 is 5.91 Å². The number of nitrogens with one attached hydrogen (secondary N) is 1. The lowest BCUT2D eigenvalue weighted by molar-refractivity contribution is -0.250. The van der Waals surface area contributed by atoms with Gasteiger partial charge < -0.3 is 35.6 Å². The Labute approximate surface area is 174 Å². The van der Waals surface area contributed by atoms with Crippen LogP contribution in [-0.2, 0) is 4.74 Å². The van der Waals surface area contributed by atoms with Crippen LogP contribution in [-0.4, -0.2) is 75.6 Å². The quantitative estimate of drug-likeness (QED) is 0.399. The molecule has 0 aromatic heterocycles. The van der Waals surface area contributed by atoms with Gasteiger partial charge in [-0.25, -0.2) is 0 Å². The van der Waals surface area contributed by atoms with E-state index in [9.17, 15) is 30.3 Å². The molecule has 0 bridgehead atoms. The van der Waals surface area contributed by atoms with E-state index in [1.165, 1.54) is 0 Å². The predicted octanol–water partition coefficient (Wildman–Crippen LogP) is -0.103. The Hall–Kier alpha value is -2.33. The average Bonchev–Trinajstić information content (AvgIpc) is 2.76. The second kappa shape index (κ2) is 9.22. The summed E-state index contributed by atoms with van der Waals surface area (Å²) < 4.78 is 5.47. The van der Waals surface area contributed by atoms with Crippen LogP contribution in [0.5, 0.6) is 0 Å². The highest BCUT2D eigenvalue weighted by Gasteiger charge is 2.46. The van der Waals surface area contributed by atoms with Crippen molar-refractivity contribution < 1.29 is 35.1 Å². The molecule has 1 aliphatic rings. The van der Waals surface area contributed by atoms with Gasteiger partial charge in [0.15, 0.2) is 0 Å². The molecule has 2 aromatic rings. The van der Waals surface area contributed by atoms with Crippen LogP contribution in [0.3, 0.4) is 0 Å². The second-order valence-corrected chi connectivity index (χ2v) is 7.47. The normalized spacial score (nSPS) is 27.5. The third-order valence-corrected chi connectivity index (χ3v) is 5.51. The van der Waals surface area contributed by atoms with Gasteiger partial charge in [-0.2, -0.15) is 0 Å². The van der Waals surface area contributed by atoms with E-state index in [0.29, 0.717) is 16.7 Å². The fourth-order valence-electron chi connectivity index (χ4n) is 3.74. The van der Waals surface area contributed by atoms with Crippen LogP contribution in [0.15, 0.2) is 42.5 Å². The molecule has 0 unspecified atom stereocenters. The molecular formula is C22H27NO7. The number of benzene rings is 2. The van der Waals surface area contributed by atoms with Crippen molar-refractivity contribution in [3.8, 4) is 11.1 Å². The summed E-state index contributed by atoms with van der Waals surface area (Å²) in [5, 5.41) is 52.9. The summed E-state index contributed by atoms with van der Waals surface area (Å²) in [4.78, 5) is 11.9. The maximum absolute atomic E-state index is 11.9. The van der Waals surface area contributed by atoms with E-state index in [0.717, 1.165) is 11.1 Å². The van der Waals surface area contributed by atoms with Crippen LogP contribution in [0.1, 0.15) is 27.6 Å². The van der Waals surface area contributed by atoms with Crippen molar-refractivity contribution in [2.45, 2.75) is 43.5 Å². The van der Waals surface area contributed by atoms with Gasteiger partial charge in [0.05, 0.1) is 6.61 Å². The molecule has 0 radical (unpaired) electrons. The molecule has 6 atom stereocenters. The zero-order valence-electron chi connectivity index (χ0n) is 16.8. The van der Waals surface area contributed by atoms with Gasteiger partial charge in [0.1, 0.15) is 36.6 Å². The lowest BCUT2D eigenvalue weighted by Crippen LogP contribution is -2.59. The van der Waals surface area contributed by atoms with E-state index in [2.05, 4.69) is 5.32 Å². The molecular weight excluding hydrogens is 390 g/mol. The molecule has 1 aliphatic heterocycles. The van der Waals surface area contributed by atoms with Gasteiger partial charge in [0.25, 0.3) is 5.91 Å². The first-order valence-corrected chi connectivity index (χ1v) is 9.70. The number of ether oxygens (including phenoxy) is 1. The summed E-state index contributed by atoms with van der Waals surface area (Å²) in [6.45, 7) is 1.22. The van der Waals surface area contributed by atoms with E-state index < -0.39 is 43.2 Å². The first-order valence-electron chi connectivity index (χ1n) is 9.70. The smallest absolute Gasteiger partial charge is 0.251 e. The molecule has 162 valence electrons. The molecule has 3 rings (SSSR count). The number of aryl methyl sites for hydroxylation is 1. The van der Waals surface area contributed by atoms with Crippen LogP contribution in [0.2, 0.25) is 0 Å². The summed E-state index contributed by atoms with van der Waals surface area (Å²) in [5.41, 5.74) is 3.38. The Balaban J connectivity index is 1.87. The number of rotatable bonds is 5. The molecule has 1 fully saturated rings. The number of hydrogen-bond acceptors (Lipinski definition) is 7. The highest BCUT2D eigenvalue weighted by atomic mass is 16.6. The zero-order valence-corrected chi connectivity index (χ0v) is 16.8. The number of carbonyl (C=O) groups is 1. The zero-order chi connectivity index (χ0) is 22.0. The maximum Gasteiger partial charge on any atom is 0.251 e.